The van der Waals surface area contributed by atoms with Crippen LogP contribution in [0, 0.1) is 11.6 Å². The van der Waals surface area contributed by atoms with Gasteiger partial charge in [0.05, 0.1) is 5.92 Å². The highest BCUT2D eigenvalue weighted by Gasteiger charge is 2.27. The number of nitrogens with one attached hydrogen (secondary N) is 1. The number of aliphatic carboxylic acids is 1. The molecule has 1 aliphatic rings. The Bertz CT molecular complexity index is 420. The number of benzene rings is 1. The molecule has 0 saturated carbocycles. The van der Waals surface area contributed by atoms with Gasteiger partial charge in [-0.2, -0.15) is 0 Å². The van der Waals surface area contributed by atoms with Gasteiger partial charge in [-0.15, -0.1) is 0 Å². The molecular formula is C10H9F2NO2. The minimum atomic E-state index is -1.01. The lowest BCUT2D eigenvalue weighted by atomic mass is 9.91. The van der Waals surface area contributed by atoms with Gasteiger partial charge >= 0.3 is 5.97 Å². The summed E-state index contributed by atoms with van der Waals surface area (Å²) in [6.07, 6.45) is 0.382. The van der Waals surface area contributed by atoms with Crippen molar-refractivity contribution in [3.63, 3.8) is 0 Å². The lowest BCUT2D eigenvalue weighted by Crippen LogP contribution is -2.23. The van der Waals surface area contributed by atoms with E-state index in [-0.39, 0.29) is 0 Å². The molecular weight excluding hydrogens is 204 g/mol. The fourth-order valence-electron chi connectivity index (χ4n) is 1.77. The molecule has 1 atom stereocenters. The molecule has 1 unspecified atom stereocenters. The van der Waals surface area contributed by atoms with Gasteiger partial charge in [0.15, 0.2) is 11.6 Å². The smallest absolute Gasteiger partial charge is 0.311 e. The van der Waals surface area contributed by atoms with E-state index in [1.807, 2.05) is 0 Å². The number of fused-ring (bicyclic) bond motifs is 1. The zero-order valence-corrected chi connectivity index (χ0v) is 7.76. The van der Waals surface area contributed by atoms with E-state index in [0.29, 0.717) is 24.2 Å². The van der Waals surface area contributed by atoms with Gasteiger partial charge in [0.25, 0.3) is 0 Å². The van der Waals surface area contributed by atoms with E-state index in [1.165, 1.54) is 0 Å². The molecule has 2 rings (SSSR count). The van der Waals surface area contributed by atoms with Crippen molar-refractivity contribution in [1.29, 1.82) is 0 Å². The molecule has 0 spiro atoms. The van der Waals surface area contributed by atoms with Crippen molar-refractivity contribution in [2.75, 3.05) is 11.9 Å². The van der Waals surface area contributed by atoms with Crippen molar-refractivity contribution < 1.29 is 18.7 Å². The molecule has 5 heteroatoms. The number of hydrogen-bond donors (Lipinski definition) is 2. The Morgan fingerprint density at radius 3 is 2.73 bits per heavy atom. The van der Waals surface area contributed by atoms with Gasteiger partial charge in [-0.25, -0.2) is 8.78 Å². The second kappa shape index (κ2) is 3.49. The Kier molecular flexibility index (Phi) is 2.30. The fraction of sp³-hybridized carbons (Fsp3) is 0.300. The summed E-state index contributed by atoms with van der Waals surface area (Å²) in [4.78, 5) is 10.9. The van der Waals surface area contributed by atoms with Crippen LogP contribution in [-0.2, 0) is 4.79 Å². The van der Waals surface area contributed by atoms with E-state index in [9.17, 15) is 13.6 Å². The zero-order chi connectivity index (χ0) is 11.0. The average molecular weight is 213 g/mol. The summed E-state index contributed by atoms with van der Waals surface area (Å²) in [6, 6.07) is 1.95. The topological polar surface area (TPSA) is 49.3 Å². The molecule has 0 fully saturated rings. The fourth-order valence-corrected chi connectivity index (χ4v) is 1.77. The van der Waals surface area contributed by atoms with Gasteiger partial charge < -0.3 is 10.4 Å². The number of rotatable bonds is 1. The summed E-state index contributed by atoms with van der Waals surface area (Å²) in [7, 11) is 0. The lowest BCUT2D eigenvalue weighted by molar-refractivity contribution is -0.138. The van der Waals surface area contributed by atoms with Gasteiger partial charge in [-0.3, -0.25) is 4.79 Å². The van der Waals surface area contributed by atoms with Crippen LogP contribution < -0.4 is 5.32 Å². The number of halogens is 2. The summed E-state index contributed by atoms with van der Waals surface area (Å²) < 4.78 is 25.8. The van der Waals surface area contributed by atoms with E-state index in [0.717, 1.165) is 12.1 Å². The van der Waals surface area contributed by atoms with E-state index in [4.69, 9.17) is 5.11 Å². The van der Waals surface area contributed by atoms with Crippen LogP contribution in [-0.4, -0.2) is 17.6 Å². The third kappa shape index (κ3) is 1.65. The monoisotopic (exact) mass is 213 g/mol. The molecule has 0 bridgehead atoms. The first-order valence-corrected chi connectivity index (χ1v) is 4.55. The molecule has 1 aromatic rings. The molecule has 0 amide bonds. The van der Waals surface area contributed by atoms with Crippen LogP contribution in [0.1, 0.15) is 17.9 Å². The highest BCUT2D eigenvalue weighted by atomic mass is 19.2. The first-order chi connectivity index (χ1) is 7.09. The molecule has 1 aliphatic heterocycles. The van der Waals surface area contributed by atoms with Crippen molar-refractivity contribution in [3.05, 3.63) is 29.3 Å². The minimum Gasteiger partial charge on any atom is -0.481 e. The van der Waals surface area contributed by atoms with Crippen molar-refractivity contribution in [2.24, 2.45) is 0 Å². The predicted molar refractivity (Wildman–Crippen MR) is 49.8 cm³/mol. The van der Waals surface area contributed by atoms with Crippen LogP contribution in [0.4, 0.5) is 14.5 Å². The second-order valence-corrected chi connectivity index (χ2v) is 3.46. The number of carbonyl (C=O) groups is 1. The number of hydrogen-bond acceptors (Lipinski definition) is 2. The highest BCUT2D eigenvalue weighted by Crippen LogP contribution is 2.33. The molecule has 2 N–H and O–H groups in total. The van der Waals surface area contributed by atoms with Gasteiger partial charge in [0.2, 0.25) is 0 Å². The first-order valence-electron chi connectivity index (χ1n) is 4.55. The molecule has 0 saturated heterocycles. The standard InChI is InChI=1S/C10H9F2NO2/c11-7-3-6-5(10(14)15)1-2-13-9(6)4-8(7)12/h3-5,13H,1-2H2,(H,14,15). The predicted octanol–water partition coefficient (Wildman–Crippen LogP) is 1.95. The van der Waals surface area contributed by atoms with Crippen LogP contribution in [0.25, 0.3) is 0 Å². The Balaban J connectivity index is 2.51. The van der Waals surface area contributed by atoms with Crippen LogP contribution >= 0.6 is 0 Å². The van der Waals surface area contributed by atoms with Crippen LogP contribution in [0.3, 0.4) is 0 Å². The van der Waals surface area contributed by atoms with Gasteiger partial charge in [-0.05, 0) is 18.1 Å². The molecule has 0 aromatic heterocycles. The van der Waals surface area contributed by atoms with Gasteiger partial charge in [0, 0.05) is 18.3 Å². The molecule has 3 nitrogen and oxygen atoms in total. The molecule has 15 heavy (non-hydrogen) atoms. The maximum Gasteiger partial charge on any atom is 0.311 e. The van der Waals surface area contributed by atoms with E-state index >= 15 is 0 Å². The van der Waals surface area contributed by atoms with Crippen LogP contribution in [0.15, 0.2) is 12.1 Å². The zero-order valence-electron chi connectivity index (χ0n) is 7.76. The minimum absolute atomic E-state index is 0.313. The van der Waals surface area contributed by atoms with Crippen molar-refractivity contribution >= 4 is 11.7 Å². The Morgan fingerprint density at radius 2 is 2.07 bits per heavy atom. The third-order valence-corrected chi connectivity index (χ3v) is 2.51. The summed E-state index contributed by atoms with van der Waals surface area (Å²) in [6.45, 7) is 0.453. The SMILES string of the molecule is O=C(O)C1CCNc2cc(F)c(F)cc21. The summed E-state index contributed by atoms with van der Waals surface area (Å²) in [5, 5.41) is 11.7. The molecule has 0 aliphatic carbocycles. The van der Waals surface area contributed by atoms with Crippen molar-refractivity contribution in [1.82, 2.24) is 0 Å². The number of anilines is 1. The Morgan fingerprint density at radius 1 is 1.40 bits per heavy atom. The highest BCUT2D eigenvalue weighted by molar-refractivity contribution is 5.80. The maximum absolute atomic E-state index is 12.9. The summed E-state index contributed by atoms with van der Waals surface area (Å²) in [5.74, 6) is -3.74. The largest absolute Gasteiger partial charge is 0.481 e. The number of carboxylic acids is 1. The van der Waals surface area contributed by atoms with Crippen molar-refractivity contribution in [2.45, 2.75) is 12.3 Å². The summed E-state index contributed by atoms with van der Waals surface area (Å²) >= 11 is 0. The van der Waals surface area contributed by atoms with E-state index < -0.39 is 23.5 Å². The number of carboxylic acid groups (broad SMARTS) is 1. The normalized spacial score (nSPS) is 19.2. The average Bonchev–Trinajstić information content (AvgIpc) is 2.18. The summed E-state index contributed by atoms with van der Waals surface area (Å²) in [5.41, 5.74) is 0.681. The quantitative estimate of drug-likeness (QED) is 0.749. The van der Waals surface area contributed by atoms with Crippen molar-refractivity contribution in [3.8, 4) is 0 Å². The lowest BCUT2D eigenvalue weighted by Gasteiger charge is -2.23. The molecule has 1 heterocycles. The van der Waals surface area contributed by atoms with Gasteiger partial charge in [-0.1, -0.05) is 0 Å². The Hall–Kier alpha value is -1.65. The van der Waals surface area contributed by atoms with E-state index in [1.54, 1.807) is 0 Å². The molecule has 1 aromatic carbocycles. The van der Waals surface area contributed by atoms with Crippen LogP contribution in [0.5, 0.6) is 0 Å². The van der Waals surface area contributed by atoms with E-state index in [2.05, 4.69) is 5.32 Å². The first kappa shape index (κ1) is 9.89. The maximum atomic E-state index is 12.9. The second-order valence-electron chi connectivity index (χ2n) is 3.46. The molecule has 80 valence electrons. The third-order valence-electron chi connectivity index (χ3n) is 2.51. The van der Waals surface area contributed by atoms with Crippen LogP contribution in [0.2, 0.25) is 0 Å². The molecule has 0 radical (unpaired) electrons. The Labute approximate surface area is 84.7 Å². The van der Waals surface area contributed by atoms with Gasteiger partial charge in [0.1, 0.15) is 0 Å².